The number of rotatable bonds is 5. The highest BCUT2D eigenvalue weighted by Gasteiger charge is 2.67. The van der Waals surface area contributed by atoms with E-state index < -0.39 is 11.9 Å². The van der Waals surface area contributed by atoms with Crippen molar-refractivity contribution in [2.24, 2.45) is 41.4 Å². The van der Waals surface area contributed by atoms with E-state index in [1.807, 2.05) is 31.2 Å². The van der Waals surface area contributed by atoms with E-state index in [4.69, 9.17) is 4.74 Å². The Labute approximate surface area is 215 Å². The Kier molecular flexibility index (Phi) is 4.94. The molecular formula is C30H28N2O5. The number of carbonyl (C=O) groups excluding carboxylic acids is 4. The third kappa shape index (κ3) is 3.32. The molecule has 2 bridgehead atoms. The summed E-state index contributed by atoms with van der Waals surface area (Å²) < 4.78 is 5.60. The van der Waals surface area contributed by atoms with Crippen molar-refractivity contribution in [1.29, 1.82) is 0 Å². The van der Waals surface area contributed by atoms with Gasteiger partial charge in [0.25, 0.3) is 0 Å². The van der Waals surface area contributed by atoms with Crippen LogP contribution >= 0.6 is 0 Å². The lowest BCUT2D eigenvalue weighted by Gasteiger charge is -2.37. The summed E-state index contributed by atoms with van der Waals surface area (Å²) in [6, 6.07) is 14.3. The van der Waals surface area contributed by atoms with Crippen LogP contribution in [0.5, 0.6) is 5.75 Å². The maximum atomic E-state index is 13.3. The van der Waals surface area contributed by atoms with Gasteiger partial charge in [0, 0.05) is 18.7 Å². The molecule has 0 unspecified atom stereocenters. The van der Waals surface area contributed by atoms with Gasteiger partial charge >= 0.3 is 5.97 Å². The van der Waals surface area contributed by atoms with Crippen molar-refractivity contribution in [3.63, 3.8) is 0 Å². The lowest BCUT2D eigenvalue weighted by Crippen LogP contribution is -2.40. The second-order valence-corrected chi connectivity index (χ2v) is 11.0. The second-order valence-electron chi connectivity index (χ2n) is 11.0. The number of hydrogen-bond acceptors (Lipinski definition) is 5. The van der Waals surface area contributed by atoms with Crippen LogP contribution in [-0.2, 0) is 25.6 Å². The van der Waals surface area contributed by atoms with Gasteiger partial charge in [0.1, 0.15) is 5.75 Å². The van der Waals surface area contributed by atoms with Gasteiger partial charge in [0.2, 0.25) is 17.7 Å². The molecule has 0 radical (unpaired) electrons. The Morgan fingerprint density at radius 3 is 2.22 bits per heavy atom. The fourth-order valence-corrected chi connectivity index (χ4v) is 7.25. The van der Waals surface area contributed by atoms with E-state index in [1.165, 1.54) is 4.90 Å². The third-order valence-electron chi connectivity index (χ3n) is 9.10. The van der Waals surface area contributed by atoms with Crippen LogP contribution in [0.25, 0.3) is 0 Å². The lowest BCUT2D eigenvalue weighted by atomic mass is 9.63. The molecule has 2 aliphatic heterocycles. The van der Waals surface area contributed by atoms with Crippen LogP contribution < -0.4 is 14.5 Å². The van der Waals surface area contributed by atoms with Gasteiger partial charge in [-0.25, -0.2) is 0 Å². The fraction of sp³-hybridized carbons (Fsp3) is 0.400. The second kappa shape index (κ2) is 8.13. The van der Waals surface area contributed by atoms with Gasteiger partial charge < -0.3 is 9.64 Å². The summed E-state index contributed by atoms with van der Waals surface area (Å²) >= 11 is 0. The number of benzene rings is 2. The fourth-order valence-electron chi connectivity index (χ4n) is 7.25. The Morgan fingerprint density at radius 1 is 0.919 bits per heavy atom. The Bertz CT molecular complexity index is 1330. The van der Waals surface area contributed by atoms with Gasteiger partial charge in [-0.1, -0.05) is 37.3 Å². The number of para-hydroxylation sites is 1. The molecule has 4 aliphatic carbocycles. The van der Waals surface area contributed by atoms with E-state index in [0.717, 1.165) is 24.1 Å². The van der Waals surface area contributed by atoms with Crippen LogP contribution in [0.3, 0.4) is 0 Å². The molecule has 188 valence electrons. The molecule has 6 aliphatic rings. The van der Waals surface area contributed by atoms with Crippen molar-refractivity contribution in [3.05, 3.63) is 66.2 Å². The van der Waals surface area contributed by atoms with Gasteiger partial charge in [-0.2, -0.15) is 0 Å². The molecule has 7 heteroatoms. The minimum absolute atomic E-state index is 0.0909. The van der Waals surface area contributed by atoms with Gasteiger partial charge in [0.05, 0.1) is 23.4 Å². The van der Waals surface area contributed by atoms with Gasteiger partial charge in [-0.05, 0) is 72.4 Å². The third-order valence-corrected chi connectivity index (χ3v) is 9.10. The van der Waals surface area contributed by atoms with Crippen LogP contribution in [0.1, 0.15) is 25.3 Å². The highest BCUT2D eigenvalue weighted by Crippen LogP contribution is 2.65. The molecular weight excluding hydrogens is 468 g/mol. The predicted octanol–water partition coefficient (Wildman–Crippen LogP) is 3.77. The van der Waals surface area contributed by atoms with Crippen LogP contribution in [0.15, 0.2) is 60.7 Å². The Hall–Kier alpha value is -3.74. The number of ether oxygens (including phenoxy) is 1. The number of allylic oxidation sites excluding steroid dienone is 2. The zero-order valence-electron chi connectivity index (χ0n) is 20.6. The molecule has 37 heavy (non-hydrogen) atoms. The molecule has 2 saturated carbocycles. The van der Waals surface area contributed by atoms with E-state index in [9.17, 15) is 19.2 Å². The standard InChI is InChI=1S/C30H28N2O5/c1-2-16-5-3-4-6-24(16)31-15-17(13-25(31)33)30(36)37-19-9-7-18(8-10-19)32-28(34)26-20-11-12-21(23-14-22(20)23)27(26)29(32)35/h3-12,17,20-23,26-27H,2,13-15H2,1H3/t17-,20+,21+,22+,23+,26-,27+/m1/s1. The number of nitrogens with zero attached hydrogens (tertiary/aromatic N) is 2. The maximum Gasteiger partial charge on any atom is 0.316 e. The average Bonchev–Trinajstić information content (AvgIpc) is 3.59. The van der Waals surface area contributed by atoms with Crippen LogP contribution in [0.4, 0.5) is 11.4 Å². The normalized spacial score (nSPS) is 33.1. The summed E-state index contributed by atoms with van der Waals surface area (Å²) in [5, 5.41) is 0. The van der Waals surface area contributed by atoms with E-state index in [1.54, 1.807) is 29.2 Å². The minimum Gasteiger partial charge on any atom is -0.426 e. The molecule has 4 fully saturated rings. The number of anilines is 2. The highest BCUT2D eigenvalue weighted by atomic mass is 16.5. The first-order valence-electron chi connectivity index (χ1n) is 13.2. The summed E-state index contributed by atoms with van der Waals surface area (Å²) in [7, 11) is 0. The van der Waals surface area contributed by atoms with Crippen molar-refractivity contribution in [3.8, 4) is 5.75 Å². The largest absolute Gasteiger partial charge is 0.426 e. The molecule has 8 rings (SSSR count). The van der Waals surface area contributed by atoms with Crippen LogP contribution in [-0.4, -0.2) is 30.2 Å². The van der Waals surface area contributed by atoms with Crippen molar-refractivity contribution in [2.45, 2.75) is 26.2 Å². The number of aryl methyl sites for hydroxylation is 1. The average molecular weight is 497 g/mol. The monoisotopic (exact) mass is 496 g/mol. The number of amides is 3. The summed E-state index contributed by atoms with van der Waals surface area (Å²) in [6.45, 7) is 2.32. The van der Waals surface area contributed by atoms with E-state index in [2.05, 4.69) is 12.2 Å². The molecule has 0 N–H and O–H groups in total. The molecule has 2 aromatic carbocycles. The first-order chi connectivity index (χ1) is 18.0. The van der Waals surface area contributed by atoms with Gasteiger partial charge in [-0.15, -0.1) is 0 Å². The van der Waals surface area contributed by atoms with E-state index in [0.29, 0.717) is 23.3 Å². The van der Waals surface area contributed by atoms with Crippen molar-refractivity contribution in [1.82, 2.24) is 0 Å². The summed E-state index contributed by atoms with van der Waals surface area (Å²) in [5.41, 5.74) is 2.42. The number of imide groups is 1. The minimum atomic E-state index is -0.559. The Morgan fingerprint density at radius 2 is 1.57 bits per heavy atom. The summed E-state index contributed by atoms with van der Waals surface area (Å²) in [5.74, 6) is -0.0156. The van der Waals surface area contributed by atoms with Crippen molar-refractivity contribution < 1.29 is 23.9 Å². The summed E-state index contributed by atoms with van der Waals surface area (Å²) in [4.78, 5) is 55.2. The molecule has 2 saturated heterocycles. The van der Waals surface area contributed by atoms with Crippen LogP contribution in [0, 0.1) is 41.4 Å². The molecule has 2 heterocycles. The highest BCUT2D eigenvalue weighted by molar-refractivity contribution is 6.22. The maximum absolute atomic E-state index is 13.3. The number of hydrogen-bond donors (Lipinski definition) is 0. The molecule has 2 aromatic rings. The number of esters is 1. The number of carbonyl (C=O) groups is 4. The topological polar surface area (TPSA) is 84.0 Å². The van der Waals surface area contributed by atoms with Crippen molar-refractivity contribution >= 4 is 35.1 Å². The Balaban J connectivity index is 1.04. The van der Waals surface area contributed by atoms with Crippen molar-refractivity contribution in [2.75, 3.05) is 16.3 Å². The quantitative estimate of drug-likeness (QED) is 0.272. The van der Waals surface area contributed by atoms with Gasteiger partial charge in [0.15, 0.2) is 0 Å². The van der Waals surface area contributed by atoms with Crippen LogP contribution in [0.2, 0.25) is 0 Å². The SMILES string of the molecule is CCc1ccccc1N1C[C@H](C(=O)Oc2ccc(N3C(=O)[C@@H]4[C@H]5C=C[C@@H]([C@@H]6C[C@@H]56)[C@@H]4C3=O)cc2)CC1=O. The van der Waals surface area contributed by atoms with E-state index in [-0.39, 0.29) is 54.4 Å². The lowest BCUT2D eigenvalue weighted by molar-refractivity contribution is -0.139. The molecule has 3 amide bonds. The first kappa shape index (κ1) is 22.5. The zero-order chi connectivity index (χ0) is 25.4. The predicted molar refractivity (Wildman–Crippen MR) is 136 cm³/mol. The van der Waals surface area contributed by atoms with E-state index >= 15 is 0 Å². The van der Waals surface area contributed by atoms with Gasteiger partial charge in [-0.3, -0.25) is 24.1 Å². The summed E-state index contributed by atoms with van der Waals surface area (Å²) in [6.07, 6.45) is 6.35. The molecule has 0 spiro atoms. The molecule has 0 aromatic heterocycles. The molecule has 7 atom stereocenters. The zero-order valence-corrected chi connectivity index (χ0v) is 20.6. The first-order valence-corrected chi connectivity index (χ1v) is 13.2. The smallest absolute Gasteiger partial charge is 0.316 e. The molecule has 7 nitrogen and oxygen atoms in total.